The van der Waals surface area contributed by atoms with Crippen molar-refractivity contribution in [3.05, 3.63) is 36.0 Å². The summed E-state index contributed by atoms with van der Waals surface area (Å²) in [5.41, 5.74) is -0.515. The van der Waals surface area contributed by atoms with Crippen molar-refractivity contribution in [2.75, 3.05) is 39.8 Å². The molecule has 10 nitrogen and oxygen atoms in total. The zero-order valence-corrected chi connectivity index (χ0v) is 29.5. The molecule has 0 bridgehead atoms. The van der Waals surface area contributed by atoms with Gasteiger partial charge in [-0.2, -0.15) is 5.10 Å². The minimum Gasteiger partial charge on any atom is -0.490 e. The SMILES string of the molecule is CCCCc1nnc(OCC2(F)CCN(C)CC2)cc1-c1ccc(OC2CCCCC2)cc1.Cl.Cl.O=C(O)N1CCC(F)(C(=O)O)CC1. The van der Waals surface area contributed by atoms with Crippen LogP contribution in [-0.4, -0.2) is 99.5 Å². The van der Waals surface area contributed by atoms with Crippen LogP contribution in [-0.2, 0) is 11.2 Å². The number of aliphatic carboxylic acids is 1. The first-order valence-electron chi connectivity index (χ1n) is 16.5. The van der Waals surface area contributed by atoms with Gasteiger partial charge in [0.15, 0.2) is 0 Å². The third-order valence-corrected chi connectivity index (χ3v) is 9.21. The molecular weight excluding hydrogens is 669 g/mol. The van der Waals surface area contributed by atoms with Crippen molar-refractivity contribution in [2.24, 2.45) is 0 Å². The fourth-order valence-corrected chi connectivity index (χ4v) is 5.97. The fraction of sp³-hybridized carbons (Fsp3) is 0.647. The molecule has 0 atom stereocenters. The minimum atomic E-state index is -2.24. The molecule has 3 fully saturated rings. The number of amides is 1. The maximum absolute atomic E-state index is 15.1. The number of rotatable bonds is 10. The predicted octanol–water partition coefficient (Wildman–Crippen LogP) is 7.41. The molecule has 2 aromatic rings. The number of aryl methyl sites for hydroxylation is 1. The van der Waals surface area contributed by atoms with Gasteiger partial charge in [0.05, 0.1) is 11.8 Å². The van der Waals surface area contributed by atoms with E-state index in [0.29, 0.717) is 24.8 Å². The van der Waals surface area contributed by atoms with Crippen LogP contribution >= 0.6 is 24.8 Å². The Morgan fingerprint density at radius 1 is 0.938 bits per heavy atom. The van der Waals surface area contributed by atoms with E-state index in [4.69, 9.17) is 19.7 Å². The Morgan fingerprint density at radius 3 is 2.12 bits per heavy atom. The molecule has 1 saturated carbocycles. The van der Waals surface area contributed by atoms with Gasteiger partial charge in [-0.25, -0.2) is 18.4 Å². The number of aromatic nitrogens is 2. The van der Waals surface area contributed by atoms with Gasteiger partial charge in [0.1, 0.15) is 18.0 Å². The zero-order chi connectivity index (χ0) is 33.2. The van der Waals surface area contributed by atoms with Gasteiger partial charge in [0, 0.05) is 50.7 Å². The number of ether oxygens (including phenoxy) is 2. The van der Waals surface area contributed by atoms with Gasteiger partial charge in [-0.3, -0.25) is 0 Å². The lowest BCUT2D eigenvalue weighted by atomic mass is 9.94. The molecule has 1 amide bonds. The second kappa shape index (κ2) is 19.3. The molecule has 0 unspecified atom stereocenters. The first-order chi connectivity index (χ1) is 22.0. The summed E-state index contributed by atoms with van der Waals surface area (Å²) in [6, 6.07) is 10.2. The average Bonchev–Trinajstić information content (AvgIpc) is 3.06. The largest absolute Gasteiger partial charge is 0.490 e. The second-order valence-electron chi connectivity index (χ2n) is 12.8. The standard InChI is InChI=1S/C27H38FN3O2.C7H10FNO4.2ClH/c1-3-4-10-25-24(21-11-13-23(14-12-21)33-22-8-6-5-7-9-22)19-26(30-29-25)32-20-27(28)15-17-31(2)18-16-27;8-7(5(10)11)1-3-9(4-2-7)6(12)13;;/h11-14,19,22H,3-10,15-18,20H2,1-2H3;1-4H2,(H,10,11)(H,12,13);2*1H. The molecule has 2 aliphatic heterocycles. The summed E-state index contributed by atoms with van der Waals surface area (Å²) < 4.78 is 40.5. The molecule has 0 spiro atoms. The quantitative estimate of drug-likeness (QED) is 0.258. The number of hydrogen-bond donors (Lipinski definition) is 2. The maximum atomic E-state index is 15.1. The van der Waals surface area contributed by atoms with Crippen LogP contribution in [0.1, 0.15) is 83.2 Å². The molecule has 3 heterocycles. The van der Waals surface area contributed by atoms with Crippen molar-refractivity contribution in [3.8, 4) is 22.8 Å². The van der Waals surface area contributed by atoms with Gasteiger partial charge < -0.3 is 29.5 Å². The molecule has 2 saturated heterocycles. The summed E-state index contributed by atoms with van der Waals surface area (Å²) in [6.45, 7) is 3.59. The van der Waals surface area contributed by atoms with E-state index in [2.05, 4.69) is 34.2 Å². The van der Waals surface area contributed by atoms with Gasteiger partial charge in [0.2, 0.25) is 11.5 Å². The molecule has 5 rings (SSSR count). The van der Waals surface area contributed by atoms with Crippen LogP contribution in [0.5, 0.6) is 11.6 Å². The Morgan fingerprint density at radius 2 is 1.56 bits per heavy atom. The highest BCUT2D eigenvalue weighted by Crippen LogP contribution is 2.32. The number of piperidine rings is 2. The van der Waals surface area contributed by atoms with Crippen molar-refractivity contribution in [1.29, 1.82) is 0 Å². The molecule has 270 valence electrons. The Labute approximate surface area is 294 Å². The molecule has 2 N–H and O–H groups in total. The third-order valence-electron chi connectivity index (χ3n) is 9.21. The number of benzene rings is 1. The molecule has 3 aliphatic rings. The molecule has 1 aromatic heterocycles. The van der Waals surface area contributed by atoms with Crippen LogP contribution in [0, 0.1) is 0 Å². The molecule has 0 radical (unpaired) electrons. The number of carboxylic acids is 1. The van der Waals surface area contributed by atoms with Crippen molar-refractivity contribution in [3.63, 3.8) is 0 Å². The van der Waals surface area contributed by atoms with Crippen molar-refractivity contribution >= 4 is 36.9 Å². The Bertz CT molecular complexity index is 1290. The van der Waals surface area contributed by atoms with Gasteiger partial charge in [-0.1, -0.05) is 31.9 Å². The van der Waals surface area contributed by atoms with Gasteiger partial charge in [-0.05, 0) is 76.1 Å². The van der Waals surface area contributed by atoms with E-state index < -0.39 is 23.4 Å². The summed E-state index contributed by atoms with van der Waals surface area (Å²) in [5.74, 6) is -0.192. The summed E-state index contributed by atoms with van der Waals surface area (Å²) in [4.78, 5) is 24.0. The highest BCUT2D eigenvalue weighted by Gasteiger charge is 2.42. The lowest BCUT2D eigenvalue weighted by Crippen LogP contribution is -2.47. The highest BCUT2D eigenvalue weighted by atomic mass is 35.5. The van der Waals surface area contributed by atoms with Crippen molar-refractivity contribution in [1.82, 2.24) is 20.0 Å². The van der Waals surface area contributed by atoms with Crippen molar-refractivity contribution in [2.45, 2.75) is 101 Å². The Hall–Kier alpha value is -2.96. The lowest BCUT2D eigenvalue weighted by molar-refractivity contribution is -0.153. The second-order valence-corrected chi connectivity index (χ2v) is 12.8. The number of carboxylic acid groups (broad SMARTS) is 2. The Kier molecular flexibility index (Phi) is 16.6. The first-order valence-corrected chi connectivity index (χ1v) is 16.5. The minimum absolute atomic E-state index is 0. The maximum Gasteiger partial charge on any atom is 0.407 e. The van der Waals surface area contributed by atoms with E-state index in [1.807, 2.05) is 25.2 Å². The number of hydrogen-bond acceptors (Lipinski definition) is 7. The van der Waals surface area contributed by atoms with Crippen LogP contribution in [0.4, 0.5) is 13.6 Å². The summed E-state index contributed by atoms with van der Waals surface area (Å²) in [6.07, 6.45) is 8.75. The van der Waals surface area contributed by atoms with E-state index in [-0.39, 0.29) is 57.4 Å². The van der Waals surface area contributed by atoms with E-state index in [1.165, 1.54) is 19.3 Å². The normalized spacial score (nSPS) is 19.0. The zero-order valence-electron chi connectivity index (χ0n) is 27.9. The van der Waals surface area contributed by atoms with E-state index in [0.717, 1.165) is 72.7 Å². The van der Waals surface area contributed by atoms with Gasteiger partial charge in [-0.15, -0.1) is 29.9 Å². The van der Waals surface area contributed by atoms with Crippen LogP contribution < -0.4 is 9.47 Å². The van der Waals surface area contributed by atoms with Gasteiger partial charge >= 0.3 is 12.1 Å². The number of halogens is 4. The number of carbonyl (C=O) groups is 2. The van der Waals surface area contributed by atoms with Gasteiger partial charge in [0.25, 0.3) is 0 Å². The average molecular weight is 720 g/mol. The fourth-order valence-electron chi connectivity index (χ4n) is 5.97. The summed E-state index contributed by atoms with van der Waals surface area (Å²) in [5, 5.41) is 25.7. The molecule has 48 heavy (non-hydrogen) atoms. The van der Waals surface area contributed by atoms with E-state index in [1.54, 1.807) is 0 Å². The monoisotopic (exact) mass is 718 g/mol. The molecular formula is C34H50Cl2F2N4O6. The van der Waals surface area contributed by atoms with Crippen molar-refractivity contribution < 1.29 is 38.1 Å². The van der Waals surface area contributed by atoms with E-state index in [9.17, 15) is 14.0 Å². The number of unbranched alkanes of at least 4 members (excludes halogenated alkanes) is 1. The summed E-state index contributed by atoms with van der Waals surface area (Å²) >= 11 is 0. The first kappa shape index (κ1) is 41.2. The Balaban J connectivity index is 0.000000453. The number of nitrogens with zero attached hydrogens (tertiary/aromatic N) is 4. The number of likely N-dealkylation sites (tertiary alicyclic amines) is 2. The van der Waals surface area contributed by atoms with Crippen LogP contribution in [0.25, 0.3) is 11.1 Å². The molecule has 14 heteroatoms. The highest BCUT2D eigenvalue weighted by molar-refractivity contribution is 5.85. The summed E-state index contributed by atoms with van der Waals surface area (Å²) in [7, 11) is 2.03. The third kappa shape index (κ3) is 11.9. The lowest BCUT2D eigenvalue weighted by Gasteiger charge is -2.33. The van der Waals surface area contributed by atoms with Crippen LogP contribution in [0.3, 0.4) is 0 Å². The molecule has 1 aromatic carbocycles. The van der Waals surface area contributed by atoms with Crippen LogP contribution in [0.2, 0.25) is 0 Å². The predicted molar refractivity (Wildman–Crippen MR) is 184 cm³/mol. The topological polar surface area (TPSA) is 125 Å². The number of alkyl halides is 2. The van der Waals surface area contributed by atoms with Crippen LogP contribution in [0.15, 0.2) is 30.3 Å². The molecule has 1 aliphatic carbocycles. The van der Waals surface area contributed by atoms with E-state index >= 15 is 4.39 Å². The smallest absolute Gasteiger partial charge is 0.407 e.